The van der Waals surface area contributed by atoms with Crippen molar-refractivity contribution < 1.29 is 80.2 Å². The number of phosphoric acid groups is 2. The zero-order valence-electron chi connectivity index (χ0n) is 67.5. The summed E-state index contributed by atoms with van der Waals surface area (Å²) in [5.41, 5.74) is 0. The third kappa shape index (κ3) is 78.0. The number of hydrogen-bond donors (Lipinski definition) is 3. The van der Waals surface area contributed by atoms with Crippen molar-refractivity contribution in [3.8, 4) is 0 Å². The monoisotopic (exact) mass is 1510 g/mol. The number of phosphoric ester groups is 2. The quantitative estimate of drug-likeness (QED) is 0.0222. The lowest BCUT2D eigenvalue weighted by molar-refractivity contribution is -0.161. The van der Waals surface area contributed by atoms with Crippen molar-refractivity contribution in [1.29, 1.82) is 0 Å². The van der Waals surface area contributed by atoms with E-state index in [4.69, 9.17) is 37.0 Å². The van der Waals surface area contributed by atoms with E-state index in [9.17, 15) is 43.2 Å². The van der Waals surface area contributed by atoms with Gasteiger partial charge in [-0.25, -0.2) is 9.13 Å². The molecule has 0 bridgehead atoms. The molecule has 0 aromatic rings. The maximum absolute atomic E-state index is 13.1. The Morgan fingerprint density at radius 1 is 0.262 bits per heavy atom. The van der Waals surface area contributed by atoms with Gasteiger partial charge in [-0.2, -0.15) is 0 Å². The highest BCUT2D eigenvalue weighted by atomic mass is 31.2. The Balaban J connectivity index is 5.21. The summed E-state index contributed by atoms with van der Waals surface area (Å²) < 4.78 is 68.8. The van der Waals surface area contributed by atoms with Gasteiger partial charge in [-0.3, -0.25) is 37.3 Å². The molecule has 0 spiro atoms. The molecule has 2 unspecified atom stereocenters. The summed E-state index contributed by atoms with van der Waals surface area (Å²) in [5, 5.41) is 10.7. The van der Waals surface area contributed by atoms with Crippen LogP contribution in [0.4, 0.5) is 0 Å². The van der Waals surface area contributed by atoms with E-state index < -0.39 is 97.5 Å². The van der Waals surface area contributed by atoms with Gasteiger partial charge >= 0.3 is 39.5 Å². The lowest BCUT2D eigenvalue weighted by atomic mass is 10.0. The maximum atomic E-state index is 13.1. The largest absolute Gasteiger partial charge is 0.472 e. The number of esters is 4. The minimum atomic E-state index is -4.96. The van der Waals surface area contributed by atoms with E-state index >= 15 is 0 Å². The van der Waals surface area contributed by atoms with Gasteiger partial charge in [-0.05, 0) is 31.6 Å². The molecule has 0 saturated heterocycles. The van der Waals surface area contributed by atoms with Crippen molar-refractivity contribution in [1.82, 2.24) is 0 Å². The summed E-state index contributed by atoms with van der Waals surface area (Å²) in [6.45, 7) is 7.37. The summed E-state index contributed by atoms with van der Waals surface area (Å²) in [6.07, 6.45) is 69.4. The van der Waals surface area contributed by atoms with Gasteiger partial charge < -0.3 is 33.8 Å². The topological polar surface area (TPSA) is 237 Å². The van der Waals surface area contributed by atoms with Crippen LogP contribution in [0.3, 0.4) is 0 Å². The van der Waals surface area contributed by atoms with Crippen LogP contribution < -0.4 is 0 Å². The van der Waals surface area contributed by atoms with Gasteiger partial charge in [-0.1, -0.05) is 401 Å². The highest BCUT2D eigenvalue weighted by molar-refractivity contribution is 7.47. The molecule has 17 nitrogen and oxygen atoms in total. The van der Waals surface area contributed by atoms with Gasteiger partial charge in [-0.15, -0.1) is 0 Å². The molecular weight excluding hydrogens is 1340 g/mol. The van der Waals surface area contributed by atoms with Gasteiger partial charge in [0.15, 0.2) is 12.2 Å². The lowest BCUT2D eigenvalue weighted by Gasteiger charge is -2.21. The second-order valence-corrected chi connectivity index (χ2v) is 33.6. The van der Waals surface area contributed by atoms with Crippen LogP contribution in [0, 0.1) is 5.92 Å². The molecule has 5 atom stereocenters. The molecule has 0 aromatic carbocycles. The van der Waals surface area contributed by atoms with Crippen molar-refractivity contribution >= 4 is 39.5 Å². The molecule has 0 aliphatic heterocycles. The Labute approximate surface area is 632 Å². The average Bonchev–Trinajstić information content (AvgIpc) is 0.907. The number of carbonyl (C=O) groups is 4. The van der Waals surface area contributed by atoms with Crippen LogP contribution in [0.25, 0.3) is 0 Å². The van der Waals surface area contributed by atoms with Crippen molar-refractivity contribution in [3.05, 3.63) is 0 Å². The molecule has 0 aliphatic carbocycles. The minimum absolute atomic E-state index is 0.109. The molecule has 0 saturated carbocycles. The number of rotatable bonds is 84. The standard InChI is InChI=1S/C84H164O17P2/c1-6-9-12-15-18-21-23-25-27-29-30-31-36-39-43-48-53-58-63-68-82(87)95-74-80(101-84(89)70-65-60-55-50-45-41-37-33-32-34-38-42-47-51-56-61-66-77(4)5)76-99-103(92,93)97-72-78(85)71-96-102(90,91)98-75-79(73-94-81(86)67-62-57-52-46-20-17-14-11-8-3)100-83(88)69-64-59-54-49-44-40-35-28-26-24-22-19-16-13-10-7-2/h77-80,85H,6-76H2,1-5H3,(H,90,91)(H,92,93)/t78-,79+,80+/m0/s1. The summed E-state index contributed by atoms with van der Waals surface area (Å²) in [4.78, 5) is 73.1. The first kappa shape index (κ1) is 101. The molecule has 0 rings (SSSR count). The number of hydrogen-bond acceptors (Lipinski definition) is 15. The van der Waals surface area contributed by atoms with Gasteiger partial charge in [0.2, 0.25) is 0 Å². The Bertz CT molecular complexity index is 1960. The van der Waals surface area contributed by atoms with E-state index in [1.807, 2.05) is 0 Å². The fourth-order valence-corrected chi connectivity index (χ4v) is 14.7. The van der Waals surface area contributed by atoms with Crippen LogP contribution in [0.5, 0.6) is 0 Å². The number of aliphatic hydroxyl groups is 1. The molecular formula is C84H164O17P2. The van der Waals surface area contributed by atoms with Crippen LogP contribution in [-0.2, 0) is 65.4 Å². The summed E-state index contributed by atoms with van der Waals surface area (Å²) in [7, 11) is -9.92. The molecule has 0 amide bonds. The predicted octanol–water partition coefficient (Wildman–Crippen LogP) is 25.6. The fourth-order valence-electron chi connectivity index (χ4n) is 13.1. The van der Waals surface area contributed by atoms with Crippen molar-refractivity contribution in [2.45, 2.75) is 470 Å². The second kappa shape index (κ2) is 76.8. The number of aliphatic hydroxyl groups excluding tert-OH is 1. The summed E-state index contributed by atoms with van der Waals surface area (Å²) in [5.74, 6) is -1.29. The number of unbranched alkanes of at least 4 members (excludes halogenated alkanes) is 56. The maximum Gasteiger partial charge on any atom is 0.472 e. The third-order valence-electron chi connectivity index (χ3n) is 19.8. The van der Waals surface area contributed by atoms with Crippen LogP contribution in [0.15, 0.2) is 0 Å². The minimum Gasteiger partial charge on any atom is -0.462 e. The van der Waals surface area contributed by atoms with Gasteiger partial charge in [0, 0.05) is 25.7 Å². The zero-order chi connectivity index (χ0) is 75.5. The van der Waals surface area contributed by atoms with E-state index in [0.29, 0.717) is 25.7 Å². The van der Waals surface area contributed by atoms with Crippen molar-refractivity contribution in [2.75, 3.05) is 39.6 Å². The van der Waals surface area contributed by atoms with Crippen LogP contribution in [0.2, 0.25) is 0 Å². The SMILES string of the molecule is CCCCCCCCCCCCCCCCCCCCCC(=O)OC[C@H](COP(=O)(O)OC[C@@H](O)COP(=O)(O)OC[C@@H](COC(=O)CCCCCCCCCCC)OC(=O)CCCCCCCCCCCCCCCCCC)OC(=O)CCCCCCCCCCCCCCCCCCC(C)C. The highest BCUT2D eigenvalue weighted by Crippen LogP contribution is 2.45. The Morgan fingerprint density at radius 2 is 0.447 bits per heavy atom. The normalized spacial score (nSPS) is 13.8. The molecule has 0 heterocycles. The first-order chi connectivity index (χ1) is 50.0. The van der Waals surface area contributed by atoms with Gasteiger partial charge in [0.25, 0.3) is 0 Å². The first-order valence-electron chi connectivity index (χ1n) is 43.6. The average molecular weight is 1510 g/mol. The van der Waals surface area contributed by atoms with E-state index in [-0.39, 0.29) is 25.7 Å². The zero-order valence-corrected chi connectivity index (χ0v) is 69.3. The predicted molar refractivity (Wildman–Crippen MR) is 423 cm³/mol. The van der Waals surface area contributed by atoms with Crippen molar-refractivity contribution in [2.24, 2.45) is 5.92 Å². The first-order valence-corrected chi connectivity index (χ1v) is 46.6. The van der Waals surface area contributed by atoms with E-state index in [2.05, 4.69) is 34.6 Å². The summed E-state index contributed by atoms with van der Waals surface area (Å²) >= 11 is 0. The number of carbonyl (C=O) groups excluding carboxylic acids is 4. The Kier molecular flexibility index (Phi) is 75.4. The molecule has 0 radical (unpaired) electrons. The van der Waals surface area contributed by atoms with Gasteiger partial charge in [0.1, 0.15) is 19.3 Å². The molecule has 0 aromatic heterocycles. The lowest BCUT2D eigenvalue weighted by Crippen LogP contribution is -2.30. The molecule has 0 aliphatic rings. The van der Waals surface area contributed by atoms with E-state index in [1.165, 1.54) is 276 Å². The molecule has 19 heteroatoms. The third-order valence-corrected chi connectivity index (χ3v) is 21.7. The molecule has 103 heavy (non-hydrogen) atoms. The van der Waals surface area contributed by atoms with E-state index in [1.54, 1.807) is 0 Å². The van der Waals surface area contributed by atoms with Crippen LogP contribution in [0.1, 0.15) is 452 Å². The van der Waals surface area contributed by atoms with Gasteiger partial charge in [0.05, 0.1) is 26.4 Å². The summed E-state index contributed by atoms with van der Waals surface area (Å²) in [6, 6.07) is 0. The highest BCUT2D eigenvalue weighted by Gasteiger charge is 2.30. The Morgan fingerprint density at radius 3 is 0.660 bits per heavy atom. The van der Waals surface area contributed by atoms with E-state index in [0.717, 1.165) is 95.8 Å². The van der Waals surface area contributed by atoms with Crippen molar-refractivity contribution in [3.63, 3.8) is 0 Å². The van der Waals surface area contributed by atoms with Crippen LogP contribution in [-0.4, -0.2) is 96.7 Å². The Hall–Kier alpha value is -1.94. The number of ether oxygens (including phenoxy) is 4. The van der Waals surface area contributed by atoms with Crippen LogP contribution >= 0.6 is 15.6 Å². The molecule has 612 valence electrons. The smallest absolute Gasteiger partial charge is 0.462 e. The fraction of sp³-hybridized carbons (Fsp3) is 0.952. The molecule has 0 fully saturated rings. The second-order valence-electron chi connectivity index (χ2n) is 30.7. The molecule has 3 N–H and O–H groups in total.